The average Bonchev–Trinajstić information content (AvgIpc) is 3.44. The van der Waals surface area contributed by atoms with Gasteiger partial charge in [0.15, 0.2) is 0 Å². The van der Waals surface area contributed by atoms with Crippen molar-refractivity contribution in [1.29, 1.82) is 0 Å². The fraction of sp³-hybridized carbons (Fsp3) is 0.167. The summed E-state index contributed by atoms with van der Waals surface area (Å²) in [6.07, 6.45) is 1.86. The summed E-state index contributed by atoms with van der Waals surface area (Å²) in [4.78, 5) is 9.61. The Balaban J connectivity index is 1.35. The first-order chi connectivity index (χ1) is 20.3. The number of nitrogens with zero attached hydrogens (tertiary/aromatic N) is 3. The van der Waals surface area contributed by atoms with Gasteiger partial charge in [0.25, 0.3) is 0 Å². The van der Waals surface area contributed by atoms with Crippen LogP contribution in [0.3, 0.4) is 0 Å². The molecular formula is C36H30BN3O2. The standard InChI is InChI=1S/C36H30BN3O2/c1-35(2)36(3,4)42-37(41-35)26-15-18-34-29(21-26)28-20-25(32-22-38-30-11-7-8-12-31(30)39-32)14-17-33(28)40(34)27-16-13-23-9-5-6-10-24(23)19-27/h5-22H,1-4H3. The molecule has 0 atom stereocenters. The van der Waals surface area contributed by atoms with Crippen molar-refractivity contribution in [3.8, 4) is 16.9 Å². The van der Waals surface area contributed by atoms with Crippen LogP contribution >= 0.6 is 0 Å². The summed E-state index contributed by atoms with van der Waals surface area (Å²) in [5, 5.41) is 4.72. The second kappa shape index (κ2) is 8.99. The Hall–Kier alpha value is -4.52. The molecule has 5 aromatic carbocycles. The van der Waals surface area contributed by atoms with Crippen molar-refractivity contribution in [2.45, 2.75) is 38.9 Å². The molecule has 0 spiro atoms. The molecule has 0 radical (unpaired) electrons. The molecule has 8 rings (SSSR count). The van der Waals surface area contributed by atoms with Crippen LogP contribution in [0.2, 0.25) is 0 Å². The number of hydrogen-bond donors (Lipinski definition) is 0. The van der Waals surface area contributed by atoms with Crippen LogP contribution in [0.15, 0.2) is 109 Å². The van der Waals surface area contributed by atoms with Crippen LogP contribution in [0.25, 0.3) is 60.6 Å². The Kier molecular flexibility index (Phi) is 5.40. The molecular weight excluding hydrogens is 517 g/mol. The van der Waals surface area contributed by atoms with E-state index in [1.54, 1.807) is 0 Å². The molecule has 7 aromatic rings. The molecule has 204 valence electrons. The van der Waals surface area contributed by atoms with Gasteiger partial charge in [0.05, 0.1) is 45.2 Å². The maximum Gasteiger partial charge on any atom is 0.494 e. The Bertz CT molecular complexity index is 2170. The van der Waals surface area contributed by atoms with Crippen molar-refractivity contribution in [3.63, 3.8) is 0 Å². The molecule has 0 amide bonds. The van der Waals surface area contributed by atoms with Gasteiger partial charge in [0, 0.05) is 22.0 Å². The fourth-order valence-electron chi connectivity index (χ4n) is 6.02. The maximum absolute atomic E-state index is 6.44. The highest BCUT2D eigenvalue weighted by molar-refractivity contribution is 6.62. The lowest BCUT2D eigenvalue weighted by Gasteiger charge is -2.32. The van der Waals surface area contributed by atoms with Gasteiger partial charge in [0.2, 0.25) is 0 Å². The molecule has 2 aromatic heterocycles. The number of hydrogen-bond acceptors (Lipinski definition) is 4. The van der Waals surface area contributed by atoms with E-state index in [4.69, 9.17) is 14.3 Å². The van der Waals surface area contributed by atoms with Gasteiger partial charge in [-0.25, -0.2) is 4.98 Å². The van der Waals surface area contributed by atoms with Crippen LogP contribution in [-0.4, -0.2) is 32.9 Å². The number of aromatic nitrogens is 3. The summed E-state index contributed by atoms with van der Waals surface area (Å²) in [6.45, 7) is 8.37. The van der Waals surface area contributed by atoms with Gasteiger partial charge < -0.3 is 13.9 Å². The van der Waals surface area contributed by atoms with E-state index in [1.807, 2.05) is 30.5 Å². The summed E-state index contributed by atoms with van der Waals surface area (Å²) in [5.41, 5.74) is 7.22. The third-order valence-corrected chi connectivity index (χ3v) is 9.05. The quantitative estimate of drug-likeness (QED) is 0.212. The largest absolute Gasteiger partial charge is 0.494 e. The Morgan fingerprint density at radius 1 is 0.643 bits per heavy atom. The number of para-hydroxylation sites is 2. The first-order valence-electron chi connectivity index (χ1n) is 14.4. The van der Waals surface area contributed by atoms with Gasteiger partial charge in [-0.3, -0.25) is 4.98 Å². The van der Waals surface area contributed by atoms with E-state index in [9.17, 15) is 0 Å². The van der Waals surface area contributed by atoms with Gasteiger partial charge in [-0.15, -0.1) is 0 Å². The summed E-state index contributed by atoms with van der Waals surface area (Å²) < 4.78 is 15.2. The zero-order chi connectivity index (χ0) is 28.6. The van der Waals surface area contributed by atoms with Crippen LogP contribution in [-0.2, 0) is 9.31 Å². The average molecular weight is 547 g/mol. The van der Waals surface area contributed by atoms with Crippen molar-refractivity contribution >= 4 is 56.2 Å². The van der Waals surface area contributed by atoms with E-state index in [0.717, 1.165) is 55.2 Å². The van der Waals surface area contributed by atoms with Crippen LogP contribution < -0.4 is 5.46 Å². The summed E-state index contributed by atoms with van der Waals surface area (Å²) in [7, 11) is -0.437. The molecule has 0 unspecified atom stereocenters. The van der Waals surface area contributed by atoms with Gasteiger partial charge in [-0.1, -0.05) is 60.7 Å². The van der Waals surface area contributed by atoms with Crippen molar-refractivity contribution in [2.24, 2.45) is 0 Å². The Morgan fingerprint density at radius 2 is 1.31 bits per heavy atom. The van der Waals surface area contributed by atoms with E-state index in [0.29, 0.717) is 0 Å². The molecule has 1 aliphatic heterocycles. The highest BCUT2D eigenvalue weighted by atomic mass is 16.7. The number of benzene rings is 5. The second-order valence-electron chi connectivity index (χ2n) is 12.2. The van der Waals surface area contributed by atoms with Crippen LogP contribution in [0.5, 0.6) is 0 Å². The lowest BCUT2D eigenvalue weighted by molar-refractivity contribution is 0.00578. The van der Waals surface area contributed by atoms with Crippen LogP contribution in [0.4, 0.5) is 0 Å². The molecule has 3 heterocycles. The normalized spacial score (nSPS) is 16.2. The minimum Gasteiger partial charge on any atom is -0.399 e. The fourth-order valence-corrected chi connectivity index (χ4v) is 6.02. The minimum atomic E-state index is -0.437. The third-order valence-electron chi connectivity index (χ3n) is 9.05. The third kappa shape index (κ3) is 3.87. The summed E-state index contributed by atoms with van der Waals surface area (Å²) in [6, 6.07) is 36.3. The van der Waals surface area contributed by atoms with E-state index in [-0.39, 0.29) is 0 Å². The molecule has 0 saturated carbocycles. The van der Waals surface area contributed by atoms with E-state index in [2.05, 4.69) is 116 Å². The predicted molar refractivity (Wildman–Crippen MR) is 173 cm³/mol. The smallest absolute Gasteiger partial charge is 0.399 e. The first kappa shape index (κ1) is 25.2. The molecule has 0 N–H and O–H groups in total. The van der Waals surface area contributed by atoms with E-state index in [1.165, 1.54) is 10.8 Å². The van der Waals surface area contributed by atoms with Crippen molar-refractivity contribution in [3.05, 3.63) is 109 Å². The van der Waals surface area contributed by atoms with Crippen molar-refractivity contribution < 1.29 is 9.31 Å². The summed E-state index contributed by atoms with van der Waals surface area (Å²) >= 11 is 0. The number of rotatable bonds is 3. The Labute approximate surface area is 244 Å². The molecule has 0 bridgehead atoms. The lowest BCUT2D eigenvalue weighted by Crippen LogP contribution is -2.41. The van der Waals surface area contributed by atoms with Crippen LogP contribution in [0, 0.1) is 0 Å². The zero-order valence-electron chi connectivity index (χ0n) is 24.1. The van der Waals surface area contributed by atoms with E-state index >= 15 is 0 Å². The molecule has 1 fully saturated rings. The Morgan fingerprint density at radius 3 is 2.10 bits per heavy atom. The van der Waals surface area contributed by atoms with Gasteiger partial charge in [-0.2, -0.15) is 0 Å². The monoisotopic (exact) mass is 547 g/mol. The predicted octanol–water partition coefficient (Wildman–Crippen LogP) is 7.85. The van der Waals surface area contributed by atoms with E-state index < -0.39 is 18.3 Å². The molecule has 5 nitrogen and oxygen atoms in total. The van der Waals surface area contributed by atoms with Crippen LogP contribution in [0.1, 0.15) is 27.7 Å². The minimum absolute atomic E-state index is 0.409. The topological polar surface area (TPSA) is 49.2 Å². The van der Waals surface area contributed by atoms with Gasteiger partial charge >= 0.3 is 7.12 Å². The van der Waals surface area contributed by atoms with Crippen molar-refractivity contribution in [2.75, 3.05) is 0 Å². The first-order valence-corrected chi connectivity index (χ1v) is 14.4. The van der Waals surface area contributed by atoms with Gasteiger partial charge in [-0.05, 0) is 86.4 Å². The highest BCUT2D eigenvalue weighted by Crippen LogP contribution is 2.38. The maximum atomic E-state index is 6.44. The molecule has 6 heteroatoms. The molecule has 1 saturated heterocycles. The van der Waals surface area contributed by atoms with Gasteiger partial charge in [0.1, 0.15) is 0 Å². The summed E-state index contributed by atoms with van der Waals surface area (Å²) in [5.74, 6) is 0. The molecule has 42 heavy (non-hydrogen) atoms. The zero-order valence-corrected chi connectivity index (χ0v) is 24.1. The SMILES string of the molecule is CC1(C)OB(c2ccc3c(c2)c2cc(-c4cnc5ccccc5n4)ccc2n3-c2ccc3ccccc3c2)OC1(C)C. The molecule has 1 aliphatic rings. The van der Waals surface area contributed by atoms with Crippen molar-refractivity contribution in [1.82, 2.24) is 14.5 Å². The number of fused-ring (bicyclic) bond motifs is 5. The molecule has 0 aliphatic carbocycles. The second-order valence-corrected chi connectivity index (χ2v) is 12.2. The lowest BCUT2D eigenvalue weighted by atomic mass is 9.78. The highest BCUT2D eigenvalue weighted by Gasteiger charge is 2.51.